The molecule has 0 spiro atoms. The molecular formula is C21H35F3N4O9. The predicted molar refractivity (Wildman–Crippen MR) is 119 cm³/mol. The van der Waals surface area contributed by atoms with Crippen molar-refractivity contribution < 1.29 is 55.9 Å². The lowest BCUT2D eigenvalue weighted by Crippen LogP contribution is -2.68. The Balaban J connectivity index is 1.77. The van der Waals surface area contributed by atoms with Gasteiger partial charge in [-0.3, -0.25) is 4.79 Å². The summed E-state index contributed by atoms with van der Waals surface area (Å²) in [5.41, 5.74) is 6.99. The van der Waals surface area contributed by atoms with Crippen molar-refractivity contribution in [3.63, 3.8) is 0 Å². The number of alkyl halides is 3. The van der Waals surface area contributed by atoms with E-state index in [0.717, 1.165) is 0 Å². The first-order valence-electron chi connectivity index (χ1n) is 11.7. The van der Waals surface area contributed by atoms with Crippen LogP contribution < -0.4 is 5.32 Å². The normalized spacial score (nSPS) is 28.9. The molecule has 0 saturated carbocycles. The van der Waals surface area contributed by atoms with Crippen LogP contribution in [0.25, 0.3) is 10.4 Å². The molecular weight excluding hydrogens is 509 g/mol. The first-order valence-corrected chi connectivity index (χ1v) is 11.7. The Morgan fingerprint density at radius 2 is 1.54 bits per heavy atom. The van der Waals surface area contributed by atoms with Gasteiger partial charge in [0.15, 0.2) is 12.1 Å². The molecule has 2 aliphatic heterocycles. The molecule has 2 rings (SSSR count). The summed E-state index contributed by atoms with van der Waals surface area (Å²) in [7, 11) is 1.26. The topological polar surface area (TPSA) is 152 Å². The fraction of sp³-hybridized carbons (Fsp3) is 0.952. The molecule has 214 valence electrons. The summed E-state index contributed by atoms with van der Waals surface area (Å²) < 4.78 is 83.3. The van der Waals surface area contributed by atoms with E-state index in [0.29, 0.717) is 33.0 Å². The zero-order chi connectivity index (χ0) is 27.5. The molecule has 2 heterocycles. The van der Waals surface area contributed by atoms with E-state index >= 15 is 0 Å². The molecule has 0 aromatic heterocycles. The van der Waals surface area contributed by atoms with Crippen LogP contribution in [0.5, 0.6) is 0 Å². The lowest BCUT2D eigenvalue weighted by molar-refractivity contribution is -0.288. The van der Waals surface area contributed by atoms with Gasteiger partial charge in [-0.1, -0.05) is 5.11 Å². The standard InChI is InChI=1S/C21H35F3N4O9/c1-19(2)35-15-14(27-18(29)21(22,23)24)17(30-4)37-20(3,16(15)36-19)13-34-12-11-33-10-9-32-8-7-31-6-5-26-28-25/h14-17H,5-13H2,1-4H3,(H,27,29)/t14-,15-,16-,17+,20-/m1/s1. The van der Waals surface area contributed by atoms with Gasteiger partial charge in [0.05, 0.1) is 52.9 Å². The van der Waals surface area contributed by atoms with Gasteiger partial charge >= 0.3 is 12.1 Å². The van der Waals surface area contributed by atoms with Crippen LogP contribution >= 0.6 is 0 Å². The van der Waals surface area contributed by atoms with Crippen LogP contribution in [0.1, 0.15) is 20.8 Å². The van der Waals surface area contributed by atoms with E-state index in [2.05, 4.69) is 10.0 Å². The molecule has 1 amide bonds. The van der Waals surface area contributed by atoms with Gasteiger partial charge in [0.25, 0.3) is 0 Å². The fourth-order valence-corrected chi connectivity index (χ4v) is 3.86. The zero-order valence-corrected chi connectivity index (χ0v) is 21.3. The Hall–Kier alpha value is -1.75. The molecule has 16 heteroatoms. The molecule has 2 aliphatic rings. The Labute approximate surface area is 212 Å². The van der Waals surface area contributed by atoms with Crippen molar-refractivity contribution in [3.05, 3.63) is 10.4 Å². The SMILES string of the molecule is CO[C@H]1O[C@](C)(COCCOCCOCCOCCN=[N+]=[N-])[C@@H]2OC(C)(C)O[C@@H]2[C@H]1NC(=O)C(F)(F)F. The Bertz CT molecular complexity index is 770. The number of hydrogen-bond donors (Lipinski definition) is 1. The van der Waals surface area contributed by atoms with E-state index in [4.69, 9.17) is 43.4 Å². The van der Waals surface area contributed by atoms with Crippen LogP contribution in [0.3, 0.4) is 0 Å². The lowest BCUT2D eigenvalue weighted by atomic mass is 9.87. The summed E-state index contributed by atoms with van der Waals surface area (Å²) >= 11 is 0. The number of nitrogens with one attached hydrogen (secondary N) is 1. The predicted octanol–water partition coefficient (Wildman–Crippen LogP) is 1.69. The molecule has 37 heavy (non-hydrogen) atoms. The highest BCUT2D eigenvalue weighted by atomic mass is 19.4. The minimum atomic E-state index is -5.08. The highest BCUT2D eigenvalue weighted by Gasteiger charge is 2.61. The minimum absolute atomic E-state index is 0.000446. The average molecular weight is 545 g/mol. The monoisotopic (exact) mass is 544 g/mol. The Kier molecular flexibility index (Phi) is 12.3. The number of rotatable bonds is 16. The third-order valence-electron chi connectivity index (χ3n) is 5.45. The highest BCUT2D eigenvalue weighted by molar-refractivity contribution is 5.82. The van der Waals surface area contributed by atoms with Crippen LogP contribution in [-0.2, 0) is 42.7 Å². The van der Waals surface area contributed by atoms with Crippen LogP contribution in [0.15, 0.2) is 5.11 Å². The number of carbonyl (C=O) groups is 1. The second-order valence-electron chi connectivity index (χ2n) is 8.90. The first-order chi connectivity index (χ1) is 17.4. The van der Waals surface area contributed by atoms with E-state index in [1.54, 1.807) is 20.8 Å². The molecule has 0 aromatic rings. The van der Waals surface area contributed by atoms with Crippen LogP contribution in [0.2, 0.25) is 0 Å². The highest BCUT2D eigenvalue weighted by Crippen LogP contribution is 2.43. The van der Waals surface area contributed by atoms with Gasteiger partial charge in [0, 0.05) is 18.6 Å². The number of hydrogen-bond acceptors (Lipinski definition) is 10. The largest absolute Gasteiger partial charge is 0.471 e. The van der Waals surface area contributed by atoms with Crippen LogP contribution in [0.4, 0.5) is 13.2 Å². The molecule has 0 aliphatic carbocycles. The van der Waals surface area contributed by atoms with Crippen LogP contribution in [0, 0.1) is 0 Å². The summed E-state index contributed by atoms with van der Waals surface area (Å²) in [6.45, 7) is 7.39. The summed E-state index contributed by atoms with van der Waals surface area (Å²) in [5, 5.41) is 5.25. The van der Waals surface area contributed by atoms with Crippen molar-refractivity contribution in [1.82, 2.24) is 5.32 Å². The number of fused-ring (bicyclic) bond motifs is 1. The van der Waals surface area contributed by atoms with Gasteiger partial charge in [-0.25, -0.2) is 0 Å². The molecule has 1 N–H and O–H groups in total. The van der Waals surface area contributed by atoms with Crippen molar-refractivity contribution in [2.45, 2.75) is 62.9 Å². The molecule has 0 bridgehead atoms. The Morgan fingerprint density at radius 1 is 0.973 bits per heavy atom. The van der Waals surface area contributed by atoms with Gasteiger partial charge in [-0.05, 0) is 26.3 Å². The van der Waals surface area contributed by atoms with Gasteiger partial charge in [0.2, 0.25) is 0 Å². The molecule has 2 fully saturated rings. The molecule has 5 atom stereocenters. The first kappa shape index (κ1) is 31.5. The van der Waals surface area contributed by atoms with Crippen molar-refractivity contribution >= 4 is 5.91 Å². The maximum Gasteiger partial charge on any atom is 0.471 e. The van der Waals surface area contributed by atoms with Crippen molar-refractivity contribution in [2.75, 3.05) is 66.5 Å². The average Bonchev–Trinajstić information content (AvgIpc) is 3.16. The van der Waals surface area contributed by atoms with Gasteiger partial charge < -0.3 is 43.2 Å². The van der Waals surface area contributed by atoms with Gasteiger partial charge in [0.1, 0.15) is 23.9 Å². The molecule has 0 radical (unpaired) electrons. The van der Waals surface area contributed by atoms with Gasteiger partial charge in [-0.2, -0.15) is 13.2 Å². The van der Waals surface area contributed by atoms with E-state index < -0.39 is 48.0 Å². The molecule has 2 saturated heterocycles. The molecule has 0 unspecified atom stereocenters. The molecule has 0 aromatic carbocycles. The summed E-state index contributed by atoms with van der Waals surface area (Å²) in [6, 6.07) is -1.27. The minimum Gasteiger partial charge on any atom is -0.379 e. The van der Waals surface area contributed by atoms with Gasteiger partial charge in [-0.15, -0.1) is 0 Å². The van der Waals surface area contributed by atoms with Crippen LogP contribution in [-0.4, -0.2) is 115 Å². The number of amides is 1. The van der Waals surface area contributed by atoms with Crippen molar-refractivity contribution in [1.29, 1.82) is 0 Å². The van der Waals surface area contributed by atoms with E-state index in [1.807, 2.05) is 5.32 Å². The quantitative estimate of drug-likeness (QED) is 0.132. The summed E-state index contributed by atoms with van der Waals surface area (Å²) in [5.74, 6) is -3.27. The second-order valence-corrected chi connectivity index (χ2v) is 8.90. The third-order valence-corrected chi connectivity index (χ3v) is 5.45. The fourth-order valence-electron chi connectivity index (χ4n) is 3.86. The number of halogens is 3. The van der Waals surface area contributed by atoms with E-state index in [9.17, 15) is 18.0 Å². The maximum absolute atomic E-state index is 12.9. The van der Waals surface area contributed by atoms with E-state index in [-0.39, 0.29) is 26.4 Å². The zero-order valence-electron chi connectivity index (χ0n) is 21.3. The number of azide groups is 1. The number of methoxy groups -OCH3 is 1. The number of nitrogens with zero attached hydrogens (tertiary/aromatic N) is 3. The summed E-state index contributed by atoms with van der Waals surface area (Å²) in [6.07, 6.45) is -8.16. The second kappa shape index (κ2) is 14.4. The van der Waals surface area contributed by atoms with Crippen molar-refractivity contribution in [3.8, 4) is 0 Å². The number of carbonyl (C=O) groups excluding carboxylic acids is 1. The Morgan fingerprint density at radius 3 is 2.08 bits per heavy atom. The summed E-state index contributed by atoms with van der Waals surface area (Å²) in [4.78, 5) is 14.2. The molecule has 13 nitrogen and oxygen atoms in total. The maximum atomic E-state index is 12.9. The van der Waals surface area contributed by atoms with Crippen molar-refractivity contribution in [2.24, 2.45) is 5.11 Å². The lowest BCUT2D eigenvalue weighted by Gasteiger charge is -2.47. The van der Waals surface area contributed by atoms with E-state index in [1.165, 1.54) is 7.11 Å². The number of ether oxygens (including phenoxy) is 8. The smallest absolute Gasteiger partial charge is 0.379 e. The third kappa shape index (κ3) is 9.81.